The first-order chi connectivity index (χ1) is 15.5. The van der Waals surface area contributed by atoms with Gasteiger partial charge in [-0.15, -0.1) is 0 Å². The molecule has 2 N–H and O–H groups in total. The van der Waals surface area contributed by atoms with Gasteiger partial charge in [-0.3, -0.25) is 14.4 Å². The van der Waals surface area contributed by atoms with Crippen LogP contribution in [-0.2, 0) is 23.9 Å². The largest absolute Gasteiger partial charge is 0.442 e. The van der Waals surface area contributed by atoms with Crippen molar-refractivity contribution >= 4 is 47.3 Å². The summed E-state index contributed by atoms with van der Waals surface area (Å²) in [5.74, 6) is -2.43. The van der Waals surface area contributed by atoms with Crippen molar-refractivity contribution in [1.29, 1.82) is 0 Å². The van der Waals surface area contributed by atoms with Crippen molar-refractivity contribution < 1.29 is 28.7 Å². The van der Waals surface area contributed by atoms with E-state index in [1.807, 2.05) is 0 Å². The topological polar surface area (TPSA) is 126 Å². The van der Waals surface area contributed by atoms with Crippen molar-refractivity contribution in [2.45, 2.75) is 38.8 Å². The lowest BCUT2D eigenvalue weighted by Gasteiger charge is -2.37. The van der Waals surface area contributed by atoms with Crippen LogP contribution in [0, 0.1) is 5.92 Å². The van der Waals surface area contributed by atoms with Crippen molar-refractivity contribution in [2.75, 3.05) is 32.1 Å². The highest BCUT2D eigenvalue weighted by molar-refractivity contribution is 6.39. The van der Waals surface area contributed by atoms with Gasteiger partial charge in [-0.1, -0.05) is 11.6 Å². The van der Waals surface area contributed by atoms with E-state index in [9.17, 15) is 19.2 Å². The van der Waals surface area contributed by atoms with Crippen LogP contribution in [0.2, 0.25) is 5.02 Å². The minimum absolute atomic E-state index is 0.0869. The van der Waals surface area contributed by atoms with E-state index in [0.29, 0.717) is 23.7 Å². The van der Waals surface area contributed by atoms with Gasteiger partial charge < -0.3 is 25.0 Å². The van der Waals surface area contributed by atoms with Crippen molar-refractivity contribution in [2.24, 2.45) is 10.9 Å². The van der Waals surface area contributed by atoms with Crippen molar-refractivity contribution in [3.63, 3.8) is 0 Å². The number of amides is 4. The molecule has 0 aliphatic carbocycles. The van der Waals surface area contributed by atoms with E-state index in [0.717, 1.165) is 0 Å². The van der Waals surface area contributed by atoms with Crippen LogP contribution in [0.5, 0.6) is 0 Å². The Morgan fingerprint density at radius 3 is 2.45 bits per heavy atom. The summed E-state index contributed by atoms with van der Waals surface area (Å²) in [6, 6.07) is 5.80. The number of piperidine rings is 1. The summed E-state index contributed by atoms with van der Waals surface area (Å²) in [6.45, 7) is 5.61. The SMILES string of the molecule is COCC(=O)N1CC[C@H](NC(=O)C(=O)Nc2ccc(Cl)cc2)C(C=NC(=O)OC(C)(C)C)C1. The molecule has 1 aromatic rings. The molecule has 0 saturated carbocycles. The normalized spacial score (nSPS) is 18.6. The molecule has 0 radical (unpaired) electrons. The fourth-order valence-electron chi connectivity index (χ4n) is 3.15. The van der Waals surface area contributed by atoms with Gasteiger partial charge in [0.25, 0.3) is 0 Å². The maximum absolute atomic E-state index is 12.5. The maximum atomic E-state index is 12.5. The van der Waals surface area contributed by atoms with E-state index < -0.39 is 35.5 Å². The lowest BCUT2D eigenvalue weighted by Crippen LogP contribution is -2.55. The van der Waals surface area contributed by atoms with Crippen LogP contribution in [0.15, 0.2) is 29.3 Å². The van der Waals surface area contributed by atoms with Crippen LogP contribution in [0.3, 0.4) is 0 Å². The Balaban J connectivity index is 2.08. The number of halogens is 1. The molecule has 1 saturated heterocycles. The molecule has 2 atom stereocenters. The number of nitrogens with zero attached hydrogens (tertiary/aromatic N) is 2. The third-order valence-electron chi connectivity index (χ3n) is 4.67. The van der Waals surface area contributed by atoms with Gasteiger partial charge in [0.15, 0.2) is 0 Å². The van der Waals surface area contributed by atoms with Crippen molar-refractivity contribution in [3.05, 3.63) is 29.3 Å². The smallest absolute Gasteiger partial charge is 0.433 e. The van der Waals surface area contributed by atoms with E-state index in [2.05, 4.69) is 15.6 Å². The third kappa shape index (κ3) is 8.82. The summed E-state index contributed by atoms with van der Waals surface area (Å²) in [6.07, 6.45) is 0.927. The second kappa shape index (κ2) is 11.8. The molecule has 11 heteroatoms. The number of carbonyl (C=O) groups is 4. The van der Waals surface area contributed by atoms with E-state index in [-0.39, 0.29) is 19.1 Å². The first-order valence-electron chi connectivity index (χ1n) is 10.4. The number of nitrogens with one attached hydrogen (secondary N) is 2. The molecular weight excluding hydrogens is 452 g/mol. The van der Waals surface area contributed by atoms with E-state index >= 15 is 0 Å². The number of anilines is 1. The fourth-order valence-corrected chi connectivity index (χ4v) is 3.28. The van der Waals surface area contributed by atoms with Gasteiger partial charge in [0.1, 0.15) is 12.2 Å². The Labute approximate surface area is 197 Å². The molecule has 1 aliphatic heterocycles. The molecule has 180 valence electrons. The summed E-state index contributed by atoms with van der Waals surface area (Å²) in [4.78, 5) is 54.4. The zero-order chi connectivity index (χ0) is 24.6. The van der Waals surface area contributed by atoms with Crippen LogP contribution in [0.25, 0.3) is 0 Å². The molecule has 4 amide bonds. The van der Waals surface area contributed by atoms with Crippen LogP contribution >= 0.6 is 11.6 Å². The molecule has 2 rings (SSSR count). The van der Waals surface area contributed by atoms with E-state index in [1.54, 1.807) is 49.9 Å². The van der Waals surface area contributed by atoms with Gasteiger partial charge >= 0.3 is 17.9 Å². The molecule has 10 nitrogen and oxygen atoms in total. The van der Waals surface area contributed by atoms with Crippen LogP contribution in [-0.4, -0.2) is 73.4 Å². The lowest BCUT2D eigenvalue weighted by atomic mass is 9.92. The average Bonchev–Trinajstić information content (AvgIpc) is 2.73. The number of aliphatic imine (C=N–C) groups is 1. The highest BCUT2D eigenvalue weighted by Crippen LogP contribution is 2.18. The minimum Gasteiger partial charge on any atom is -0.442 e. The van der Waals surface area contributed by atoms with Crippen LogP contribution in [0.1, 0.15) is 27.2 Å². The Morgan fingerprint density at radius 2 is 1.85 bits per heavy atom. The van der Waals surface area contributed by atoms with Gasteiger partial charge in [-0.25, -0.2) is 4.79 Å². The third-order valence-corrected chi connectivity index (χ3v) is 4.92. The predicted molar refractivity (Wildman–Crippen MR) is 123 cm³/mol. The lowest BCUT2D eigenvalue weighted by molar-refractivity contribution is -0.138. The van der Waals surface area contributed by atoms with Crippen molar-refractivity contribution in [3.8, 4) is 0 Å². The van der Waals surface area contributed by atoms with Gasteiger partial charge in [-0.05, 0) is 51.5 Å². The number of carbonyl (C=O) groups excluding carboxylic acids is 4. The molecule has 0 spiro atoms. The standard InChI is InChI=1S/C22H29ClN4O6/c1-22(2,3)33-21(31)24-11-14-12-27(18(28)13-32-4)10-9-17(14)26-20(30)19(29)25-16-7-5-15(23)6-8-16/h5-8,11,14,17H,9-10,12-13H2,1-4H3,(H,25,29)(H,26,30)/t14?,17-/m0/s1. The highest BCUT2D eigenvalue weighted by atomic mass is 35.5. The molecular formula is C22H29ClN4O6. The molecule has 1 aromatic carbocycles. The van der Waals surface area contributed by atoms with Gasteiger partial charge in [0.05, 0.1) is 0 Å². The number of likely N-dealkylation sites (tertiary alicyclic amines) is 1. The average molecular weight is 481 g/mol. The molecule has 0 bridgehead atoms. The van der Waals surface area contributed by atoms with Gasteiger partial charge in [-0.2, -0.15) is 4.99 Å². The van der Waals surface area contributed by atoms with Gasteiger partial charge in [0, 0.05) is 49.1 Å². The molecule has 1 fully saturated rings. The monoisotopic (exact) mass is 480 g/mol. The molecule has 1 aliphatic rings. The predicted octanol–water partition coefficient (Wildman–Crippen LogP) is 2.26. The Hall–Kier alpha value is -2.98. The van der Waals surface area contributed by atoms with Crippen molar-refractivity contribution in [1.82, 2.24) is 10.2 Å². The molecule has 1 heterocycles. The Morgan fingerprint density at radius 1 is 1.18 bits per heavy atom. The zero-order valence-electron chi connectivity index (χ0n) is 19.1. The van der Waals surface area contributed by atoms with Crippen LogP contribution < -0.4 is 10.6 Å². The maximum Gasteiger partial charge on any atom is 0.433 e. The highest BCUT2D eigenvalue weighted by Gasteiger charge is 2.33. The number of hydrogen-bond acceptors (Lipinski definition) is 6. The quantitative estimate of drug-likeness (QED) is 0.491. The summed E-state index contributed by atoms with van der Waals surface area (Å²) in [5, 5.41) is 5.67. The van der Waals surface area contributed by atoms with E-state index in [4.69, 9.17) is 21.1 Å². The Kier molecular flexibility index (Phi) is 9.36. The minimum atomic E-state index is -0.849. The Bertz CT molecular complexity index is 897. The van der Waals surface area contributed by atoms with Crippen LogP contribution in [0.4, 0.5) is 10.5 Å². The number of methoxy groups -OCH3 is 1. The summed E-state index contributed by atoms with van der Waals surface area (Å²) < 4.78 is 10.1. The first-order valence-corrected chi connectivity index (χ1v) is 10.8. The summed E-state index contributed by atoms with van der Waals surface area (Å²) in [7, 11) is 1.42. The van der Waals surface area contributed by atoms with Gasteiger partial charge in [0.2, 0.25) is 5.91 Å². The van der Waals surface area contributed by atoms with E-state index in [1.165, 1.54) is 13.3 Å². The number of benzene rings is 1. The first kappa shape index (κ1) is 26.3. The molecule has 0 aromatic heterocycles. The summed E-state index contributed by atoms with van der Waals surface area (Å²) in [5.41, 5.74) is -0.294. The zero-order valence-corrected chi connectivity index (χ0v) is 19.8. The second-order valence-corrected chi connectivity index (χ2v) is 8.96. The fraction of sp³-hybridized carbons (Fsp3) is 0.500. The number of hydrogen-bond donors (Lipinski definition) is 2. The molecule has 33 heavy (non-hydrogen) atoms. The number of ether oxygens (including phenoxy) is 2. The summed E-state index contributed by atoms with van der Waals surface area (Å²) >= 11 is 5.82. The number of rotatable bonds is 5. The molecule has 1 unspecified atom stereocenters. The second-order valence-electron chi connectivity index (χ2n) is 8.52.